The average molecular weight is 675 g/mol. The predicted octanol–water partition coefficient (Wildman–Crippen LogP) is -8.08. The van der Waals surface area contributed by atoms with Crippen LogP contribution in [0.1, 0.15) is 20.3 Å². The Morgan fingerprint density at radius 1 is 0.870 bits per heavy atom. The van der Waals surface area contributed by atoms with Gasteiger partial charge in [-0.1, -0.05) is 0 Å². The van der Waals surface area contributed by atoms with E-state index >= 15 is 0 Å². The fraction of sp³-hybridized carbons (Fsp3) is 0.880. The van der Waals surface area contributed by atoms with Crippen LogP contribution in [-0.4, -0.2) is 191 Å². The molecule has 3 heterocycles. The van der Waals surface area contributed by atoms with Gasteiger partial charge >= 0.3 is 5.97 Å². The Morgan fingerprint density at radius 2 is 1.48 bits per heavy atom. The summed E-state index contributed by atoms with van der Waals surface area (Å²) in [7, 11) is 0. The van der Waals surface area contributed by atoms with Gasteiger partial charge in [0.05, 0.1) is 32.0 Å². The molecule has 0 bridgehead atoms. The fourth-order valence-corrected chi connectivity index (χ4v) is 5.45. The summed E-state index contributed by atoms with van der Waals surface area (Å²) in [6.45, 7) is -0.705. The summed E-state index contributed by atoms with van der Waals surface area (Å²) in [6, 6.07) is -3.06. The topological polar surface area (TPSA) is 344 Å². The van der Waals surface area contributed by atoms with Crippen LogP contribution in [0.15, 0.2) is 0 Å². The van der Waals surface area contributed by atoms with E-state index in [1.54, 1.807) is 0 Å². The molecule has 3 saturated heterocycles. The highest BCUT2D eigenvalue weighted by Crippen LogP contribution is 2.35. The summed E-state index contributed by atoms with van der Waals surface area (Å²) in [4.78, 5) is 36.0. The summed E-state index contributed by atoms with van der Waals surface area (Å²) in [5.41, 5.74) is 0. The molecule has 0 aliphatic carbocycles. The molecule has 0 aromatic rings. The molecule has 13 N–H and O–H groups in total. The first-order chi connectivity index (χ1) is 21.5. The molecule has 0 spiro atoms. The number of aliphatic hydroxyl groups excluding tert-OH is 10. The van der Waals surface area contributed by atoms with E-state index in [4.69, 9.17) is 23.7 Å². The normalized spacial score (nSPS) is 42.9. The number of aliphatic carboxylic acids is 1. The highest BCUT2D eigenvalue weighted by atomic mass is 16.7. The van der Waals surface area contributed by atoms with Gasteiger partial charge in [-0.15, -0.1) is 0 Å². The molecule has 3 fully saturated rings. The maximum Gasteiger partial charge on any atom is 0.364 e. The second kappa shape index (κ2) is 15.8. The van der Waals surface area contributed by atoms with E-state index in [-0.39, 0.29) is 0 Å². The number of ether oxygens (including phenoxy) is 5. The van der Waals surface area contributed by atoms with Crippen LogP contribution in [0.25, 0.3) is 0 Å². The molecule has 266 valence electrons. The number of carbonyl (C=O) groups excluding carboxylic acids is 2. The molecule has 3 aliphatic heterocycles. The molecule has 16 atom stereocenters. The lowest BCUT2D eigenvalue weighted by atomic mass is 9.88. The Hall–Kier alpha value is -2.19. The van der Waals surface area contributed by atoms with E-state index in [2.05, 4.69) is 10.6 Å². The average Bonchev–Trinajstić information content (AvgIpc) is 2.99. The second-order valence-corrected chi connectivity index (χ2v) is 11.3. The Kier molecular flexibility index (Phi) is 13.1. The van der Waals surface area contributed by atoms with Gasteiger partial charge in [-0.2, -0.15) is 0 Å². The zero-order valence-electron chi connectivity index (χ0n) is 24.7. The monoisotopic (exact) mass is 674 g/mol. The highest BCUT2D eigenvalue weighted by molar-refractivity contribution is 5.76. The van der Waals surface area contributed by atoms with Crippen LogP contribution in [0, 0.1) is 0 Å². The molecule has 0 aromatic heterocycles. The summed E-state index contributed by atoms with van der Waals surface area (Å²) in [5.74, 6) is -6.18. The Labute approximate surface area is 260 Å². The van der Waals surface area contributed by atoms with Crippen molar-refractivity contribution in [3.63, 3.8) is 0 Å². The summed E-state index contributed by atoms with van der Waals surface area (Å²) >= 11 is 0. The van der Waals surface area contributed by atoms with Gasteiger partial charge in [0.1, 0.15) is 67.1 Å². The summed E-state index contributed by atoms with van der Waals surface area (Å²) < 4.78 is 27.2. The number of rotatable bonds is 12. The predicted molar refractivity (Wildman–Crippen MR) is 142 cm³/mol. The third-order valence-corrected chi connectivity index (χ3v) is 7.87. The van der Waals surface area contributed by atoms with E-state index in [0.29, 0.717) is 0 Å². The molecule has 46 heavy (non-hydrogen) atoms. The highest BCUT2D eigenvalue weighted by Gasteiger charge is 2.57. The van der Waals surface area contributed by atoms with E-state index in [0.717, 1.165) is 13.8 Å². The number of hydrogen-bond donors (Lipinski definition) is 13. The van der Waals surface area contributed by atoms with Gasteiger partial charge in [0.2, 0.25) is 11.8 Å². The molecule has 2 amide bonds. The van der Waals surface area contributed by atoms with Crippen molar-refractivity contribution in [2.45, 2.75) is 118 Å². The van der Waals surface area contributed by atoms with Crippen LogP contribution >= 0.6 is 0 Å². The quantitative estimate of drug-likeness (QED) is 0.0913. The van der Waals surface area contributed by atoms with Crippen molar-refractivity contribution in [3.05, 3.63) is 0 Å². The van der Waals surface area contributed by atoms with Crippen molar-refractivity contribution in [3.8, 4) is 0 Å². The number of nitrogens with one attached hydrogen (secondary N) is 2. The van der Waals surface area contributed by atoms with Crippen molar-refractivity contribution >= 4 is 17.8 Å². The lowest BCUT2D eigenvalue weighted by molar-refractivity contribution is -0.351. The van der Waals surface area contributed by atoms with Gasteiger partial charge in [0, 0.05) is 20.3 Å². The number of carboxylic acids is 1. The first kappa shape index (κ1) is 38.3. The molecule has 21 nitrogen and oxygen atoms in total. The Balaban J connectivity index is 1.87. The minimum absolute atomic E-state index is 0.723. The lowest BCUT2D eigenvalue weighted by Gasteiger charge is -2.48. The Bertz CT molecular complexity index is 1050. The molecule has 3 rings (SSSR count). The minimum atomic E-state index is -2.84. The largest absolute Gasteiger partial charge is 0.477 e. The lowest BCUT2D eigenvalue weighted by Crippen LogP contribution is -2.69. The van der Waals surface area contributed by atoms with Gasteiger partial charge in [-0.3, -0.25) is 9.59 Å². The van der Waals surface area contributed by atoms with Crippen LogP contribution in [0.5, 0.6) is 0 Å². The van der Waals surface area contributed by atoms with Crippen molar-refractivity contribution in [2.75, 3.05) is 19.8 Å². The SMILES string of the molecule is CC(=O)N[C@H]1[C@H]([C@H](O)[C@H](O)CO)O[C@@](OC[C@H]2OC(O)[C@H](NC(C)=O)[C@@H](O[C@H]3O[C@H](CO)[C@H](O)[C@H](O)[C@H]3O)[C@H]2O)(C(=O)O)C[C@@H]1O. The van der Waals surface area contributed by atoms with Crippen molar-refractivity contribution in [1.82, 2.24) is 10.6 Å². The molecular formula is C25H42N2O19. The standard InChI is InChI=1S/C25H42N2O19/c1-7(30)26-13-9(32)3-25(24(40)41,46-21(13)15(34)10(33)4-28)42-6-12-17(36)20(14(22(39)43-12)27-8(2)31)45-23-19(38)18(37)16(35)11(5-29)44-23/h9-23,28-29,32-39H,3-6H2,1-2H3,(H,26,30)(H,27,31)(H,40,41)/t9-,10+,11+,12+,13+,14+,15+,16-,17-,18-,19+,20+,21+,22?,23+,25+/m0/s1. The molecule has 0 radical (unpaired) electrons. The molecular weight excluding hydrogens is 632 g/mol. The van der Waals surface area contributed by atoms with Crippen LogP contribution in [0.3, 0.4) is 0 Å². The number of hydrogen-bond acceptors (Lipinski definition) is 18. The molecule has 1 unspecified atom stereocenters. The maximum absolute atomic E-state index is 12.5. The van der Waals surface area contributed by atoms with Crippen LogP contribution in [-0.2, 0) is 38.1 Å². The van der Waals surface area contributed by atoms with Crippen LogP contribution in [0.4, 0.5) is 0 Å². The van der Waals surface area contributed by atoms with E-state index < -0.39 is 142 Å². The third kappa shape index (κ3) is 8.26. The van der Waals surface area contributed by atoms with E-state index in [9.17, 15) is 70.6 Å². The number of aliphatic hydroxyl groups is 10. The van der Waals surface area contributed by atoms with Gasteiger partial charge in [0.25, 0.3) is 5.79 Å². The summed E-state index contributed by atoms with van der Waals surface area (Å²) in [5, 5.41) is 117. The van der Waals surface area contributed by atoms with Crippen LogP contribution in [0.2, 0.25) is 0 Å². The number of carboxylic acid groups (broad SMARTS) is 1. The maximum atomic E-state index is 12.5. The smallest absolute Gasteiger partial charge is 0.364 e. The van der Waals surface area contributed by atoms with Gasteiger partial charge in [-0.05, 0) is 0 Å². The molecule has 0 saturated carbocycles. The Morgan fingerprint density at radius 3 is 2.02 bits per heavy atom. The number of amides is 2. The summed E-state index contributed by atoms with van der Waals surface area (Å²) in [6.07, 6.45) is -24.8. The van der Waals surface area contributed by atoms with Gasteiger partial charge in [-0.25, -0.2) is 4.79 Å². The number of carbonyl (C=O) groups is 3. The third-order valence-electron chi connectivity index (χ3n) is 7.87. The zero-order valence-corrected chi connectivity index (χ0v) is 24.7. The van der Waals surface area contributed by atoms with Crippen molar-refractivity contribution in [2.24, 2.45) is 0 Å². The second-order valence-electron chi connectivity index (χ2n) is 11.3. The van der Waals surface area contributed by atoms with E-state index in [1.165, 1.54) is 0 Å². The van der Waals surface area contributed by atoms with Crippen molar-refractivity contribution in [1.29, 1.82) is 0 Å². The fourth-order valence-electron chi connectivity index (χ4n) is 5.45. The van der Waals surface area contributed by atoms with Gasteiger partial charge in [0.15, 0.2) is 12.6 Å². The van der Waals surface area contributed by atoms with E-state index in [1.807, 2.05) is 0 Å². The zero-order chi connectivity index (χ0) is 34.7. The van der Waals surface area contributed by atoms with Crippen LogP contribution < -0.4 is 10.6 Å². The molecule has 21 heteroatoms. The minimum Gasteiger partial charge on any atom is -0.477 e. The van der Waals surface area contributed by atoms with Crippen molar-refractivity contribution < 1.29 is 94.2 Å². The first-order valence-corrected chi connectivity index (χ1v) is 14.2. The van der Waals surface area contributed by atoms with Gasteiger partial charge < -0.3 is 90.5 Å². The molecule has 3 aliphatic rings. The first-order valence-electron chi connectivity index (χ1n) is 14.2. The molecule has 0 aromatic carbocycles.